The number of benzene rings is 1. The van der Waals surface area contributed by atoms with E-state index in [1.165, 1.54) is 17.0 Å². The quantitative estimate of drug-likeness (QED) is 0.691. The molecule has 2 aromatic rings. The van der Waals surface area contributed by atoms with Crippen LogP contribution in [-0.4, -0.2) is 37.1 Å². The Bertz CT molecular complexity index is 600. The average Bonchev–Trinajstić information content (AvgIpc) is 3.05. The van der Waals surface area contributed by atoms with Crippen LogP contribution in [0.1, 0.15) is 28.8 Å². The molecule has 1 amide bonds. The Morgan fingerprint density at radius 2 is 2.13 bits per heavy atom. The summed E-state index contributed by atoms with van der Waals surface area (Å²) >= 11 is 1.49. The van der Waals surface area contributed by atoms with E-state index >= 15 is 0 Å². The maximum absolute atomic E-state index is 12.0. The van der Waals surface area contributed by atoms with Crippen LogP contribution in [0.4, 0.5) is 5.69 Å². The van der Waals surface area contributed by atoms with E-state index in [4.69, 9.17) is 5.73 Å². The van der Waals surface area contributed by atoms with Gasteiger partial charge >= 0.3 is 0 Å². The number of hydrogen-bond acceptors (Lipinski definition) is 5. The second-order valence-corrected chi connectivity index (χ2v) is 6.13. The molecule has 1 aromatic carbocycles. The lowest BCUT2D eigenvalue weighted by molar-refractivity contribution is 0.0949. The van der Waals surface area contributed by atoms with E-state index in [1.54, 1.807) is 5.38 Å². The van der Waals surface area contributed by atoms with Crippen LogP contribution in [0.2, 0.25) is 0 Å². The number of nitrogens with two attached hydrogens (primary N) is 1. The molecule has 23 heavy (non-hydrogen) atoms. The van der Waals surface area contributed by atoms with Crippen LogP contribution in [-0.2, 0) is 6.42 Å². The molecule has 0 unspecified atom stereocenters. The molecule has 0 radical (unpaired) electrons. The van der Waals surface area contributed by atoms with Crippen molar-refractivity contribution in [1.82, 2.24) is 10.3 Å². The van der Waals surface area contributed by atoms with Crippen molar-refractivity contribution in [2.45, 2.75) is 19.8 Å². The molecule has 6 heteroatoms. The summed E-state index contributed by atoms with van der Waals surface area (Å²) in [6, 6.07) is 10.3. The van der Waals surface area contributed by atoms with E-state index in [-0.39, 0.29) is 5.91 Å². The Kier molecular flexibility index (Phi) is 7.03. The highest BCUT2D eigenvalue weighted by atomic mass is 32.1. The van der Waals surface area contributed by atoms with Crippen LogP contribution in [0.15, 0.2) is 35.7 Å². The first-order valence-electron chi connectivity index (χ1n) is 7.97. The molecule has 1 heterocycles. The summed E-state index contributed by atoms with van der Waals surface area (Å²) < 4.78 is 0. The number of carbonyl (C=O) groups excluding carboxylic acids is 1. The van der Waals surface area contributed by atoms with E-state index in [2.05, 4.69) is 34.3 Å². The van der Waals surface area contributed by atoms with Gasteiger partial charge in [-0.1, -0.05) is 18.2 Å². The lowest BCUT2D eigenvalue weighted by Crippen LogP contribution is -2.30. The Morgan fingerprint density at radius 3 is 2.83 bits per heavy atom. The van der Waals surface area contributed by atoms with Crippen molar-refractivity contribution in [3.05, 3.63) is 46.4 Å². The minimum Gasteiger partial charge on any atom is -0.372 e. The van der Waals surface area contributed by atoms with Gasteiger partial charge in [0.15, 0.2) is 0 Å². The largest absolute Gasteiger partial charge is 0.372 e. The fourth-order valence-corrected chi connectivity index (χ4v) is 3.12. The number of carbonyl (C=O) groups is 1. The molecule has 0 atom stereocenters. The van der Waals surface area contributed by atoms with Gasteiger partial charge in [-0.2, -0.15) is 0 Å². The van der Waals surface area contributed by atoms with E-state index in [0.717, 1.165) is 30.9 Å². The first-order valence-corrected chi connectivity index (χ1v) is 8.85. The van der Waals surface area contributed by atoms with Gasteiger partial charge in [0.05, 0.1) is 5.01 Å². The monoisotopic (exact) mass is 332 g/mol. The van der Waals surface area contributed by atoms with Crippen LogP contribution in [0.5, 0.6) is 0 Å². The highest BCUT2D eigenvalue weighted by Gasteiger charge is 2.10. The van der Waals surface area contributed by atoms with Gasteiger partial charge in [-0.3, -0.25) is 4.79 Å². The van der Waals surface area contributed by atoms with Crippen molar-refractivity contribution in [2.75, 3.05) is 31.1 Å². The summed E-state index contributed by atoms with van der Waals surface area (Å²) in [5.41, 5.74) is 7.20. The molecule has 3 N–H and O–H groups in total. The lowest BCUT2D eigenvalue weighted by atomic mass is 10.2. The van der Waals surface area contributed by atoms with Gasteiger partial charge in [-0.15, -0.1) is 11.3 Å². The maximum Gasteiger partial charge on any atom is 0.270 e. The number of nitrogens with zero attached hydrogens (tertiary/aromatic N) is 2. The highest BCUT2D eigenvalue weighted by molar-refractivity contribution is 7.09. The van der Waals surface area contributed by atoms with Crippen LogP contribution in [0, 0.1) is 0 Å². The fraction of sp³-hybridized carbons (Fsp3) is 0.412. The molecule has 0 fully saturated rings. The Balaban J connectivity index is 1.74. The van der Waals surface area contributed by atoms with Crippen LogP contribution in [0.3, 0.4) is 0 Å². The molecule has 124 valence electrons. The predicted octanol–water partition coefficient (Wildman–Crippen LogP) is 2.29. The fourth-order valence-electron chi connectivity index (χ4n) is 2.32. The molecule has 0 saturated heterocycles. The Labute approximate surface area is 141 Å². The molecule has 0 saturated carbocycles. The molecule has 0 bridgehead atoms. The molecule has 0 aliphatic carbocycles. The van der Waals surface area contributed by atoms with Gasteiger partial charge in [-0.25, -0.2) is 4.98 Å². The van der Waals surface area contributed by atoms with Gasteiger partial charge in [0.25, 0.3) is 5.91 Å². The normalized spacial score (nSPS) is 10.5. The number of rotatable bonds is 9. The zero-order valence-corrected chi connectivity index (χ0v) is 14.3. The predicted molar refractivity (Wildman–Crippen MR) is 96.2 cm³/mol. The first-order chi connectivity index (χ1) is 11.2. The second kappa shape index (κ2) is 9.27. The number of aromatic nitrogens is 1. The van der Waals surface area contributed by atoms with Gasteiger partial charge < -0.3 is 16.0 Å². The van der Waals surface area contributed by atoms with Gasteiger partial charge in [0.2, 0.25) is 0 Å². The summed E-state index contributed by atoms with van der Waals surface area (Å²) in [5, 5.41) is 5.64. The lowest BCUT2D eigenvalue weighted by Gasteiger charge is -2.23. The van der Waals surface area contributed by atoms with Crippen molar-refractivity contribution in [3.8, 4) is 0 Å². The zero-order chi connectivity index (χ0) is 16.5. The number of para-hydroxylation sites is 1. The number of anilines is 1. The third-order valence-electron chi connectivity index (χ3n) is 3.54. The summed E-state index contributed by atoms with van der Waals surface area (Å²) in [6.45, 7) is 5.20. The molecular weight excluding hydrogens is 308 g/mol. The van der Waals surface area contributed by atoms with Crippen molar-refractivity contribution in [2.24, 2.45) is 5.73 Å². The SMILES string of the molecule is CCN(CCCNC(=O)c1csc(CCN)n1)c1ccccc1. The summed E-state index contributed by atoms with van der Waals surface area (Å²) in [4.78, 5) is 18.6. The average molecular weight is 332 g/mol. The number of hydrogen-bond donors (Lipinski definition) is 2. The molecular formula is C17H24N4OS. The topological polar surface area (TPSA) is 71.2 Å². The molecule has 0 spiro atoms. The number of nitrogens with one attached hydrogen (secondary N) is 1. The summed E-state index contributed by atoms with van der Waals surface area (Å²) in [7, 11) is 0. The van der Waals surface area contributed by atoms with Gasteiger partial charge in [-0.05, 0) is 32.0 Å². The van der Waals surface area contributed by atoms with Crippen LogP contribution < -0.4 is 16.0 Å². The van der Waals surface area contributed by atoms with Gasteiger partial charge in [0, 0.05) is 37.1 Å². The number of thiazole rings is 1. The van der Waals surface area contributed by atoms with Crippen molar-refractivity contribution in [3.63, 3.8) is 0 Å². The smallest absolute Gasteiger partial charge is 0.270 e. The second-order valence-electron chi connectivity index (χ2n) is 5.19. The van der Waals surface area contributed by atoms with Crippen LogP contribution in [0.25, 0.3) is 0 Å². The minimum atomic E-state index is -0.104. The van der Waals surface area contributed by atoms with Gasteiger partial charge in [0.1, 0.15) is 5.69 Å². The third kappa shape index (κ3) is 5.33. The molecule has 1 aromatic heterocycles. The standard InChI is InChI=1S/C17H24N4OS/c1-2-21(14-7-4-3-5-8-14)12-6-11-19-17(22)15-13-23-16(20-15)9-10-18/h3-5,7-8,13H,2,6,9-12,18H2,1H3,(H,19,22). The van der Waals surface area contributed by atoms with E-state index in [9.17, 15) is 4.79 Å². The number of amides is 1. The van der Waals surface area contributed by atoms with Crippen molar-refractivity contribution >= 4 is 22.9 Å². The zero-order valence-electron chi connectivity index (χ0n) is 13.5. The molecule has 5 nitrogen and oxygen atoms in total. The minimum absolute atomic E-state index is 0.104. The molecule has 2 rings (SSSR count). The summed E-state index contributed by atoms with van der Waals surface area (Å²) in [6.07, 6.45) is 1.62. The highest BCUT2D eigenvalue weighted by Crippen LogP contribution is 2.13. The Hall–Kier alpha value is -1.92. The maximum atomic E-state index is 12.0. The summed E-state index contributed by atoms with van der Waals surface area (Å²) in [5.74, 6) is -0.104. The Morgan fingerprint density at radius 1 is 1.35 bits per heavy atom. The molecule has 0 aliphatic heterocycles. The van der Waals surface area contributed by atoms with E-state index < -0.39 is 0 Å². The van der Waals surface area contributed by atoms with Crippen LogP contribution >= 0.6 is 11.3 Å². The van der Waals surface area contributed by atoms with E-state index in [0.29, 0.717) is 18.8 Å². The molecule has 0 aliphatic rings. The third-order valence-corrected chi connectivity index (χ3v) is 4.44. The van der Waals surface area contributed by atoms with Crippen molar-refractivity contribution in [1.29, 1.82) is 0 Å². The van der Waals surface area contributed by atoms with E-state index in [1.807, 2.05) is 18.2 Å². The van der Waals surface area contributed by atoms with Crippen molar-refractivity contribution < 1.29 is 4.79 Å². The first kappa shape index (κ1) is 17.4.